The summed E-state index contributed by atoms with van der Waals surface area (Å²) in [5, 5.41) is 12.6. The van der Waals surface area contributed by atoms with Gasteiger partial charge in [0.15, 0.2) is 6.04 Å². The lowest BCUT2D eigenvalue weighted by Gasteiger charge is -2.15. The van der Waals surface area contributed by atoms with Crippen LogP contribution >= 0.6 is 35.0 Å². The van der Waals surface area contributed by atoms with Crippen LogP contribution in [-0.4, -0.2) is 42.5 Å². The van der Waals surface area contributed by atoms with E-state index in [9.17, 15) is 4.79 Å². The largest absolute Gasteiger partial charge is 0.410 e. The van der Waals surface area contributed by atoms with E-state index in [0.29, 0.717) is 34.1 Å². The zero-order valence-corrected chi connectivity index (χ0v) is 17.3. The van der Waals surface area contributed by atoms with Gasteiger partial charge in [-0.2, -0.15) is 0 Å². The molecule has 0 aliphatic rings. The molecule has 6 nitrogen and oxygen atoms in total. The van der Waals surface area contributed by atoms with E-state index in [1.807, 2.05) is 20.2 Å². The Labute approximate surface area is 167 Å². The van der Waals surface area contributed by atoms with Crippen molar-refractivity contribution in [1.29, 1.82) is 0 Å². The normalized spacial score (nSPS) is 12.4. The third kappa shape index (κ3) is 6.16. The van der Waals surface area contributed by atoms with Crippen LogP contribution < -0.4 is 10.2 Å². The molecule has 1 aromatic carbocycles. The summed E-state index contributed by atoms with van der Waals surface area (Å²) in [5.74, 6) is 0.736. The van der Waals surface area contributed by atoms with E-state index in [1.54, 1.807) is 12.1 Å². The predicted octanol–water partition coefficient (Wildman–Crippen LogP) is 2.42. The van der Waals surface area contributed by atoms with E-state index in [0.717, 1.165) is 12.0 Å². The summed E-state index contributed by atoms with van der Waals surface area (Å²) in [7, 11) is 4.09. The van der Waals surface area contributed by atoms with Gasteiger partial charge >= 0.3 is 0 Å². The first kappa shape index (κ1) is 21.0. The topological polar surface area (TPSA) is 72.5 Å². The molecular weight excluding hydrogens is 395 g/mol. The highest BCUT2D eigenvalue weighted by atomic mass is 35.5. The number of thioether (sulfide) groups is 1. The van der Waals surface area contributed by atoms with E-state index >= 15 is 0 Å². The number of halogens is 2. The van der Waals surface area contributed by atoms with Crippen molar-refractivity contribution in [3.05, 3.63) is 39.7 Å². The fraction of sp³-hybridized carbons (Fsp3) is 0.471. The summed E-state index contributed by atoms with van der Waals surface area (Å²) in [6, 6.07) is 5.51. The van der Waals surface area contributed by atoms with E-state index < -0.39 is 0 Å². The monoisotopic (exact) mass is 417 g/mol. The Hall–Kier alpha value is -1.28. The predicted molar refractivity (Wildman–Crippen MR) is 104 cm³/mol. The molecule has 0 radical (unpaired) electrons. The van der Waals surface area contributed by atoms with Crippen LogP contribution in [0.4, 0.5) is 0 Å². The number of nitrogens with zero attached hydrogens (tertiary/aromatic N) is 2. The van der Waals surface area contributed by atoms with Crippen LogP contribution in [0.2, 0.25) is 10.0 Å². The van der Waals surface area contributed by atoms with Crippen LogP contribution in [0.3, 0.4) is 0 Å². The Morgan fingerprint density at radius 2 is 2.12 bits per heavy atom. The highest BCUT2D eigenvalue weighted by Gasteiger charge is 2.22. The molecule has 9 heteroatoms. The maximum Gasteiger partial charge on any atom is 0.277 e. The van der Waals surface area contributed by atoms with Crippen LogP contribution in [0.5, 0.6) is 0 Å². The summed E-state index contributed by atoms with van der Waals surface area (Å²) in [6.45, 7) is 2.58. The maximum absolute atomic E-state index is 12.0. The van der Waals surface area contributed by atoms with Crippen LogP contribution in [-0.2, 0) is 11.2 Å². The lowest BCUT2D eigenvalue weighted by atomic mass is 10.1. The lowest BCUT2D eigenvalue weighted by Crippen LogP contribution is -3.06. The van der Waals surface area contributed by atoms with Crippen LogP contribution in [0.1, 0.15) is 30.8 Å². The van der Waals surface area contributed by atoms with Crippen molar-refractivity contribution in [1.82, 2.24) is 15.5 Å². The second kappa shape index (κ2) is 10.2. The fourth-order valence-corrected chi connectivity index (χ4v) is 3.59. The second-order valence-corrected chi connectivity index (χ2v) is 7.84. The number of hydrogen-bond donors (Lipinski definition) is 2. The number of aromatic nitrogens is 2. The molecule has 0 aliphatic carbocycles. The molecule has 1 heterocycles. The zero-order valence-electron chi connectivity index (χ0n) is 15.0. The average Bonchev–Trinajstić information content (AvgIpc) is 3.04. The van der Waals surface area contributed by atoms with Crippen molar-refractivity contribution in [2.24, 2.45) is 0 Å². The smallest absolute Gasteiger partial charge is 0.277 e. The average molecular weight is 418 g/mol. The van der Waals surface area contributed by atoms with Gasteiger partial charge in [0, 0.05) is 23.0 Å². The molecule has 0 fully saturated rings. The quantitative estimate of drug-likeness (QED) is 0.612. The lowest BCUT2D eigenvalue weighted by molar-refractivity contribution is -0.894. The molecule has 0 aliphatic heterocycles. The maximum atomic E-state index is 12.0. The van der Waals surface area contributed by atoms with Gasteiger partial charge in [-0.1, -0.05) is 48.0 Å². The Kier molecular flexibility index (Phi) is 8.21. The van der Waals surface area contributed by atoms with Gasteiger partial charge < -0.3 is 14.6 Å². The first-order valence-electron chi connectivity index (χ1n) is 8.37. The molecule has 0 unspecified atom stereocenters. The fourth-order valence-electron chi connectivity index (χ4n) is 2.49. The molecule has 0 spiro atoms. The molecule has 26 heavy (non-hydrogen) atoms. The van der Waals surface area contributed by atoms with E-state index in [-0.39, 0.29) is 17.7 Å². The Morgan fingerprint density at radius 3 is 2.77 bits per heavy atom. The molecule has 1 amide bonds. The first-order chi connectivity index (χ1) is 12.4. The molecular formula is C17H23Cl2N4O2S+. The molecule has 0 saturated carbocycles. The second-order valence-electron chi connectivity index (χ2n) is 6.07. The van der Waals surface area contributed by atoms with Gasteiger partial charge in [-0.15, -0.1) is 10.2 Å². The number of amides is 1. The van der Waals surface area contributed by atoms with Gasteiger partial charge in [0.2, 0.25) is 5.91 Å². The third-order valence-electron chi connectivity index (χ3n) is 3.88. The molecule has 2 N–H and O–H groups in total. The number of carbonyl (C=O) groups excluding carboxylic acids is 1. The van der Waals surface area contributed by atoms with E-state index in [2.05, 4.69) is 22.4 Å². The van der Waals surface area contributed by atoms with E-state index in [4.69, 9.17) is 27.6 Å². The third-order valence-corrected chi connectivity index (χ3v) is 5.29. The standard InChI is InChI=1S/C17H22Cl2N4O2S/c1-4-14(23(2)3)16-21-22-17(25-16)26-10-15(24)20-8-7-11-5-6-12(18)9-13(11)19/h5-6,9,14H,4,7-8,10H2,1-3H3,(H,20,24)/p+1/t14-/m0/s1. The summed E-state index contributed by atoms with van der Waals surface area (Å²) < 4.78 is 5.66. The molecule has 0 saturated heterocycles. The minimum absolute atomic E-state index is 0.0925. The minimum Gasteiger partial charge on any atom is -0.410 e. The van der Waals surface area contributed by atoms with Crippen LogP contribution in [0.15, 0.2) is 27.8 Å². The van der Waals surface area contributed by atoms with Crippen LogP contribution in [0.25, 0.3) is 0 Å². The highest BCUT2D eigenvalue weighted by Crippen LogP contribution is 2.21. The van der Waals surface area contributed by atoms with Crippen molar-refractivity contribution >= 4 is 40.9 Å². The molecule has 2 aromatic rings. The summed E-state index contributed by atoms with van der Waals surface area (Å²) in [4.78, 5) is 13.2. The molecule has 1 atom stereocenters. The van der Waals surface area contributed by atoms with E-state index in [1.165, 1.54) is 16.7 Å². The Bertz CT molecular complexity index is 739. The van der Waals surface area contributed by atoms with Gasteiger partial charge in [0.25, 0.3) is 11.1 Å². The van der Waals surface area contributed by atoms with Crippen molar-refractivity contribution in [2.75, 3.05) is 26.4 Å². The zero-order chi connectivity index (χ0) is 19.1. The summed E-state index contributed by atoms with van der Waals surface area (Å²) >= 11 is 13.2. The number of nitrogens with one attached hydrogen (secondary N) is 2. The highest BCUT2D eigenvalue weighted by molar-refractivity contribution is 7.99. The first-order valence-corrected chi connectivity index (χ1v) is 10.1. The van der Waals surface area contributed by atoms with Gasteiger partial charge in [0.05, 0.1) is 19.8 Å². The SMILES string of the molecule is CC[C@@H](c1nnc(SCC(=O)NCCc2ccc(Cl)cc2Cl)o1)[NH+](C)C. The molecule has 2 rings (SSSR count). The Morgan fingerprint density at radius 1 is 1.35 bits per heavy atom. The number of hydrogen-bond acceptors (Lipinski definition) is 5. The number of rotatable bonds is 9. The summed E-state index contributed by atoms with van der Waals surface area (Å²) in [6.07, 6.45) is 1.54. The van der Waals surface area contributed by atoms with Crippen molar-refractivity contribution in [3.8, 4) is 0 Å². The Balaban J connectivity index is 1.76. The number of carbonyl (C=O) groups is 1. The van der Waals surface area contributed by atoms with Crippen LogP contribution in [0, 0.1) is 0 Å². The van der Waals surface area contributed by atoms with Crippen molar-refractivity contribution in [2.45, 2.75) is 31.0 Å². The van der Waals surface area contributed by atoms with Crippen molar-refractivity contribution < 1.29 is 14.1 Å². The van der Waals surface area contributed by atoms with Crippen molar-refractivity contribution in [3.63, 3.8) is 0 Å². The summed E-state index contributed by atoms with van der Waals surface area (Å²) in [5.41, 5.74) is 0.947. The number of quaternary nitrogens is 1. The minimum atomic E-state index is -0.0925. The molecule has 0 bridgehead atoms. The van der Waals surface area contributed by atoms with Gasteiger partial charge in [-0.3, -0.25) is 4.79 Å². The molecule has 1 aromatic heterocycles. The van der Waals surface area contributed by atoms with Gasteiger partial charge in [0.1, 0.15) is 0 Å². The van der Waals surface area contributed by atoms with Gasteiger partial charge in [-0.05, 0) is 24.1 Å². The molecule has 142 valence electrons. The van der Waals surface area contributed by atoms with Gasteiger partial charge in [-0.25, -0.2) is 0 Å². The number of benzene rings is 1.